The van der Waals surface area contributed by atoms with Crippen LogP contribution in [0.25, 0.3) is 0 Å². The zero-order valence-corrected chi connectivity index (χ0v) is 12.8. The number of nitrogens with one attached hydrogen (secondary N) is 2. The fourth-order valence-corrected chi connectivity index (χ4v) is 2.67. The van der Waals surface area contributed by atoms with Crippen molar-refractivity contribution in [1.29, 1.82) is 0 Å². The number of hydrogen-bond acceptors (Lipinski definition) is 3. The number of rotatable bonds is 3. The van der Waals surface area contributed by atoms with Crippen LogP contribution >= 0.6 is 15.9 Å². The highest BCUT2D eigenvalue weighted by atomic mass is 79.9. The normalized spacial score (nSPS) is 22.9. The van der Waals surface area contributed by atoms with E-state index in [0.29, 0.717) is 17.2 Å². The van der Waals surface area contributed by atoms with Gasteiger partial charge in [0.1, 0.15) is 5.75 Å². The first-order valence-corrected chi connectivity index (χ1v) is 7.26. The van der Waals surface area contributed by atoms with Gasteiger partial charge < -0.3 is 15.4 Å². The van der Waals surface area contributed by atoms with Crippen LogP contribution in [0.5, 0.6) is 5.75 Å². The first-order chi connectivity index (χ1) is 9.11. The highest BCUT2D eigenvalue weighted by Crippen LogP contribution is 2.24. The van der Waals surface area contributed by atoms with Gasteiger partial charge in [0.25, 0.3) is 5.91 Å². The number of piperidine rings is 1. The molecule has 4 nitrogen and oxygen atoms in total. The third-order valence-electron chi connectivity index (χ3n) is 3.51. The number of benzene rings is 1. The lowest BCUT2D eigenvalue weighted by Crippen LogP contribution is -2.48. The molecule has 19 heavy (non-hydrogen) atoms. The minimum absolute atomic E-state index is 0.0666. The molecule has 0 saturated carbocycles. The van der Waals surface area contributed by atoms with Crippen LogP contribution < -0.4 is 15.4 Å². The average molecular weight is 327 g/mol. The first-order valence-electron chi connectivity index (χ1n) is 6.47. The molecule has 1 heterocycles. The molecule has 0 radical (unpaired) electrons. The maximum Gasteiger partial charge on any atom is 0.255 e. The van der Waals surface area contributed by atoms with E-state index in [4.69, 9.17) is 4.74 Å². The van der Waals surface area contributed by atoms with E-state index in [-0.39, 0.29) is 11.9 Å². The molecular formula is C14H19BrN2O2. The topological polar surface area (TPSA) is 50.4 Å². The number of carbonyl (C=O) groups excluding carboxylic acids is 1. The molecule has 2 rings (SSSR count). The summed E-state index contributed by atoms with van der Waals surface area (Å²) in [5.74, 6) is 0.968. The van der Waals surface area contributed by atoms with Gasteiger partial charge in [0, 0.05) is 10.5 Å². The van der Waals surface area contributed by atoms with Crippen LogP contribution in [0.1, 0.15) is 23.7 Å². The van der Waals surface area contributed by atoms with Gasteiger partial charge in [-0.3, -0.25) is 4.79 Å². The number of methoxy groups -OCH3 is 1. The van der Waals surface area contributed by atoms with Crippen molar-refractivity contribution in [2.24, 2.45) is 5.92 Å². The second-order valence-electron chi connectivity index (χ2n) is 4.89. The Morgan fingerprint density at radius 3 is 3.00 bits per heavy atom. The lowest BCUT2D eigenvalue weighted by molar-refractivity contribution is 0.0911. The standard InChI is InChI=1S/C14H19BrN2O2/c1-9-8-16-6-5-12(9)17-14(18)11-4-3-10(15)7-13(11)19-2/h3-4,7,9,12,16H,5-6,8H2,1-2H3,(H,17,18). The van der Waals surface area contributed by atoms with Crippen molar-refractivity contribution in [3.05, 3.63) is 28.2 Å². The summed E-state index contributed by atoms with van der Waals surface area (Å²) >= 11 is 3.37. The number of ether oxygens (including phenoxy) is 1. The van der Waals surface area contributed by atoms with Crippen molar-refractivity contribution in [2.45, 2.75) is 19.4 Å². The van der Waals surface area contributed by atoms with E-state index in [1.54, 1.807) is 19.2 Å². The van der Waals surface area contributed by atoms with Crippen molar-refractivity contribution in [1.82, 2.24) is 10.6 Å². The van der Waals surface area contributed by atoms with E-state index in [9.17, 15) is 4.79 Å². The van der Waals surface area contributed by atoms with E-state index in [1.165, 1.54) is 0 Å². The molecule has 1 saturated heterocycles. The smallest absolute Gasteiger partial charge is 0.255 e. The van der Waals surface area contributed by atoms with E-state index < -0.39 is 0 Å². The highest BCUT2D eigenvalue weighted by molar-refractivity contribution is 9.10. The maximum atomic E-state index is 12.3. The summed E-state index contributed by atoms with van der Waals surface area (Å²) < 4.78 is 6.16. The molecular weight excluding hydrogens is 308 g/mol. The summed E-state index contributed by atoms with van der Waals surface area (Å²) in [5, 5.41) is 6.43. The molecule has 0 aromatic heterocycles. The number of halogens is 1. The SMILES string of the molecule is COc1cc(Br)ccc1C(=O)NC1CCNCC1C. The third kappa shape index (κ3) is 3.48. The summed E-state index contributed by atoms with van der Waals surface area (Å²) in [7, 11) is 1.58. The van der Waals surface area contributed by atoms with Crippen molar-refractivity contribution >= 4 is 21.8 Å². The molecule has 0 spiro atoms. The monoisotopic (exact) mass is 326 g/mol. The van der Waals surface area contributed by atoms with Crippen molar-refractivity contribution in [2.75, 3.05) is 20.2 Å². The van der Waals surface area contributed by atoms with Gasteiger partial charge in [-0.05, 0) is 43.6 Å². The van der Waals surface area contributed by atoms with Gasteiger partial charge in [0.15, 0.2) is 0 Å². The second kappa shape index (κ2) is 6.39. The van der Waals surface area contributed by atoms with Gasteiger partial charge in [-0.1, -0.05) is 22.9 Å². The number of amides is 1. The fourth-order valence-electron chi connectivity index (χ4n) is 2.33. The van der Waals surface area contributed by atoms with Gasteiger partial charge >= 0.3 is 0 Å². The summed E-state index contributed by atoms with van der Waals surface area (Å²) in [6.45, 7) is 4.05. The second-order valence-corrected chi connectivity index (χ2v) is 5.81. The largest absolute Gasteiger partial charge is 0.496 e. The molecule has 1 aliphatic heterocycles. The lowest BCUT2D eigenvalue weighted by Gasteiger charge is -2.30. The Bertz CT molecular complexity index is 465. The summed E-state index contributed by atoms with van der Waals surface area (Å²) in [6.07, 6.45) is 0.964. The van der Waals surface area contributed by atoms with Gasteiger partial charge in [0.2, 0.25) is 0 Å². The van der Waals surface area contributed by atoms with Crippen LogP contribution in [0.3, 0.4) is 0 Å². The van der Waals surface area contributed by atoms with E-state index in [2.05, 4.69) is 33.5 Å². The fraction of sp³-hybridized carbons (Fsp3) is 0.500. The van der Waals surface area contributed by atoms with Crippen molar-refractivity contribution < 1.29 is 9.53 Å². The molecule has 1 aromatic carbocycles. The molecule has 104 valence electrons. The lowest BCUT2D eigenvalue weighted by atomic mass is 9.95. The zero-order chi connectivity index (χ0) is 13.8. The van der Waals surface area contributed by atoms with Crippen LogP contribution in [-0.4, -0.2) is 32.1 Å². The maximum absolute atomic E-state index is 12.3. The average Bonchev–Trinajstić information content (AvgIpc) is 2.41. The predicted molar refractivity (Wildman–Crippen MR) is 78.6 cm³/mol. The number of carbonyl (C=O) groups is 1. The Labute approximate surface area is 122 Å². The van der Waals surface area contributed by atoms with Crippen LogP contribution in [0, 0.1) is 5.92 Å². The van der Waals surface area contributed by atoms with Crippen LogP contribution in [-0.2, 0) is 0 Å². The zero-order valence-electron chi connectivity index (χ0n) is 11.2. The summed E-state index contributed by atoms with van der Waals surface area (Å²) in [5.41, 5.74) is 0.580. The van der Waals surface area contributed by atoms with Gasteiger partial charge in [-0.15, -0.1) is 0 Å². The van der Waals surface area contributed by atoms with Crippen LogP contribution in [0.15, 0.2) is 22.7 Å². The van der Waals surface area contributed by atoms with Crippen molar-refractivity contribution in [3.63, 3.8) is 0 Å². The number of hydrogen-bond donors (Lipinski definition) is 2. The van der Waals surface area contributed by atoms with Crippen LogP contribution in [0.2, 0.25) is 0 Å². The van der Waals surface area contributed by atoms with E-state index in [0.717, 1.165) is 24.0 Å². The van der Waals surface area contributed by atoms with Crippen molar-refractivity contribution in [3.8, 4) is 5.75 Å². The molecule has 2 atom stereocenters. The first kappa shape index (κ1) is 14.3. The highest BCUT2D eigenvalue weighted by Gasteiger charge is 2.24. The molecule has 0 bridgehead atoms. The van der Waals surface area contributed by atoms with Gasteiger partial charge in [0.05, 0.1) is 12.7 Å². The molecule has 5 heteroatoms. The molecule has 0 aliphatic carbocycles. The molecule has 2 N–H and O–H groups in total. The molecule has 1 amide bonds. The molecule has 1 aliphatic rings. The minimum Gasteiger partial charge on any atom is -0.496 e. The predicted octanol–water partition coefficient (Wildman–Crippen LogP) is 2.19. The summed E-state index contributed by atoms with van der Waals surface area (Å²) in [4.78, 5) is 12.3. The summed E-state index contributed by atoms with van der Waals surface area (Å²) in [6, 6.07) is 5.66. The third-order valence-corrected chi connectivity index (χ3v) is 4.00. The van der Waals surface area contributed by atoms with Crippen LogP contribution in [0.4, 0.5) is 0 Å². The quantitative estimate of drug-likeness (QED) is 0.895. The molecule has 1 aromatic rings. The van der Waals surface area contributed by atoms with Gasteiger partial charge in [-0.25, -0.2) is 0 Å². The minimum atomic E-state index is -0.0666. The Morgan fingerprint density at radius 1 is 1.53 bits per heavy atom. The van der Waals surface area contributed by atoms with E-state index in [1.807, 2.05) is 6.07 Å². The molecule has 2 unspecified atom stereocenters. The van der Waals surface area contributed by atoms with Gasteiger partial charge in [-0.2, -0.15) is 0 Å². The Hall–Kier alpha value is -1.07. The Balaban J connectivity index is 2.11. The molecule has 1 fully saturated rings. The van der Waals surface area contributed by atoms with E-state index >= 15 is 0 Å². The Kier molecular flexibility index (Phi) is 4.82. The Morgan fingerprint density at radius 2 is 2.32 bits per heavy atom.